The third kappa shape index (κ3) is 7.20. The van der Waals surface area contributed by atoms with E-state index in [0.29, 0.717) is 15.2 Å². The Morgan fingerprint density at radius 1 is 1.15 bits per heavy atom. The topological polar surface area (TPSA) is 86.8 Å². The van der Waals surface area contributed by atoms with Gasteiger partial charge in [0, 0.05) is 22.1 Å². The second-order valence-electron chi connectivity index (χ2n) is 8.57. The highest BCUT2D eigenvalue weighted by molar-refractivity contribution is 9.10. The number of halogens is 2. The van der Waals surface area contributed by atoms with E-state index in [0.717, 1.165) is 41.8 Å². The van der Waals surface area contributed by atoms with Crippen LogP contribution in [0, 0.1) is 0 Å². The van der Waals surface area contributed by atoms with Crippen LogP contribution in [0.3, 0.4) is 0 Å². The third-order valence-electron chi connectivity index (χ3n) is 5.89. The molecule has 1 unspecified atom stereocenters. The lowest BCUT2D eigenvalue weighted by Gasteiger charge is -2.32. The maximum atomic E-state index is 13.5. The van der Waals surface area contributed by atoms with E-state index >= 15 is 0 Å². The Morgan fingerprint density at radius 2 is 1.82 bits per heavy atom. The van der Waals surface area contributed by atoms with Gasteiger partial charge in [0.15, 0.2) is 0 Å². The highest BCUT2D eigenvalue weighted by Crippen LogP contribution is 2.23. The van der Waals surface area contributed by atoms with Crippen LogP contribution in [-0.4, -0.2) is 50.0 Å². The van der Waals surface area contributed by atoms with Gasteiger partial charge < -0.3 is 10.2 Å². The first-order valence-corrected chi connectivity index (χ1v) is 14.1. The summed E-state index contributed by atoms with van der Waals surface area (Å²) in [5, 5.41) is 3.55. The van der Waals surface area contributed by atoms with Crippen LogP contribution < -0.4 is 9.62 Å². The van der Waals surface area contributed by atoms with Crippen molar-refractivity contribution in [3.8, 4) is 0 Å². The minimum atomic E-state index is -3.76. The zero-order chi connectivity index (χ0) is 24.9. The van der Waals surface area contributed by atoms with Gasteiger partial charge in [0.05, 0.1) is 11.9 Å². The molecule has 3 rings (SSSR count). The smallest absolute Gasteiger partial charge is 0.244 e. The lowest BCUT2D eigenvalue weighted by molar-refractivity contribution is -0.139. The van der Waals surface area contributed by atoms with Crippen LogP contribution in [0.1, 0.15) is 38.2 Å². The Kier molecular flexibility index (Phi) is 9.01. The van der Waals surface area contributed by atoms with Crippen LogP contribution in [-0.2, 0) is 26.2 Å². The minimum Gasteiger partial charge on any atom is -0.352 e. The highest BCUT2D eigenvalue weighted by atomic mass is 79.9. The third-order valence-corrected chi connectivity index (χ3v) is 7.76. The monoisotopic (exact) mass is 569 g/mol. The van der Waals surface area contributed by atoms with Crippen molar-refractivity contribution in [3.63, 3.8) is 0 Å². The van der Waals surface area contributed by atoms with Gasteiger partial charge in [-0.2, -0.15) is 0 Å². The molecule has 34 heavy (non-hydrogen) atoms. The molecule has 0 radical (unpaired) electrons. The maximum Gasteiger partial charge on any atom is 0.244 e. The standard InChI is InChI=1S/C24H29BrClN3O4S/c1-17(24(31)27-21-10-3-4-11-21)28(15-18-7-5-9-20(26)13-18)23(30)16-29(34(2,32)33)22-12-6-8-19(25)14-22/h5-9,12-14,17,21H,3-4,10-11,15-16H2,1-2H3,(H,27,31). The fourth-order valence-corrected chi connectivity index (χ4v) is 5.49. The number of carbonyl (C=O) groups excluding carboxylic acids is 2. The highest BCUT2D eigenvalue weighted by Gasteiger charge is 2.31. The number of carbonyl (C=O) groups is 2. The van der Waals surface area contributed by atoms with Gasteiger partial charge >= 0.3 is 0 Å². The van der Waals surface area contributed by atoms with E-state index in [2.05, 4.69) is 21.2 Å². The molecule has 2 aromatic rings. The average Bonchev–Trinajstić information content (AvgIpc) is 3.27. The van der Waals surface area contributed by atoms with Crippen LogP contribution in [0.15, 0.2) is 53.0 Å². The van der Waals surface area contributed by atoms with Crippen LogP contribution in [0.2, 0.25) is 5.02 Å². The molecule has 1 fully saturated rings. The van der Waals surface area contributed by atoms with Crippen molar-refractivity contribution in [2.75, 3.05) is 17.1 Å². The number of anilines is 1. The van der Waals surface area contributed by atoms with E-state index in [1.807, 2.05) is 6.07 Å². The lowest BCUT2D eigenvalue weighted by atomic mass is 10.1. The average molecular weight is 571 g/mol. The number of hydrogen-bond acceptors (Lipinski definition) is 4. The Balaban J connectivity index is 1.88. The Bertz CT molecular complexity index is 1140. The number of benzene rings is 2. The first kappa shape index (κ1) is 26.5. The van der Waals surface area contributed by atoms with Crippen molar-refractivity contribution >= 4 is 55.1 Å². The maximum absolute atomic E-state index is 13.5. The molecule has 7 nitrogen and oxygen atoms in total. The second-order valence-corrected chi connectivity index (χ2v) is 11.8. The normalized spacial score (nSPS) is 15.1. The molecule has 2 aromatic carbocycles. The molecule has 184 valence electrons. The van der Waals surface area contributed by atoms with Crippen LogP contribution in [0.25, 0.3) is 0 Å². The van der Waals surface area contributed by atoms with E-state index in [9.17, 15) is 18.0 Å². The SMILES string of the molecule is CC(C(=O)NC1CCCC1)N(Cc1cccc(Cl)c1)C(=O)CN(c1cccc(Br)c1)S(C)(=O)=O. The van der Waals surface area contributed by atoms with Gasteiger partial charge in [-0.05, 0) is 55.7 Å². The van der Waals surface area contributed by atoms with Crippen molar-refractivity contribution in [1.29, 1.82) is 0 Å². The van der Waals surface area contributed by atoms with E-state index < -0.39 is 28.5 Å². The molecular formula is C24H29BrClN3O4S. The van der Waals surface area contributed by atoms with Gasteiger partial charge in [-0.3, -0.25) is 13.9 Å². The van der Waals surface area contributed by atoms with Crippen molar-refractivity contribution in [1.82, 2.24) is 10.2 Å². The van der Waals surface area contributed by atoms with Crippen molar-refractivity contribution in [2.24, 2.45) is 0 Å². The van der Waals surface area contributed by atoms with Crippen LogP contribution in [0.5, 0.6) is 0 Å². The molecule has 0 bridgehead atoms. The molecule has 1 atom stereocenters. The minimum absolute atomic E-state index is 0.104. The molecular weight excluding hydrogens is 542 g/mol. The van der Waals surface area contributed by atoms with Crippen molar-refractivity contribution in [2.45, 2.75) is 51.2 Å². The second kappa shape index (κ2) is 11.6. The van der Waals surface area contributed by atoms with Crippen molar-refractivity contribution in [3.05, 3.63) is 63.6 Å². The summed E-state index contributed by atoms with van der Waals surface area (Å²) in [7, 11) is -3.76. The molecule has 0 spiro atoms. The van der Waals surface area contributed by atoms with E-state index in [4.69, 9.17) is 11.6 Å². The summed E-state index contributed by atoms with van der Waals surface area (Å²) in [6, 6.07) is 13.1. The predicted molar refractivity (Wildman–Crippen MR) is 138 cm³/mol. The number of hydrogen-bond donors (Lipinski definition) is 1. The quantitative estimate of drug-likeness (QED) is 0.486. The van der Waals surface area contributed by atoms with Gasteiger partial charge in [0.2, 0.25) is 21.8 Å². The summed E-state index contributed by atoms with van der Waals surface area (Å²) in [5.41, 5.74) is 1.10. The summed E-state index contributed by atoms with van der Waals surface area (Å²) in [6.07, 6.45) is 5.04. The number of amides is 2. The zero-order valence-electron chi connectivity index (χ0n) is 19.2. The van der Waals surface area contributed by atoms with Gasteiger partial charge in [-0.25, -0.2) is 8.42 Å². The molecule has 0 heterocycles. The molecule has 0 aliphatic heterocycles. The molecule has 0 aromatic heterocycles. The number of sulfonamides is 1. The van der Waals surface area contributed by atoms with E-state index in [1.165, 1.54) is 4.90 Å². The van der Waals surface area contributed by atoms with Gasteiger partial charge in [-0.15, -0.1) is 0 Å². The first-order valence-electron chi connectivity index (χ1n) is 11.1. The molecule has 1 N–H and O–H groups in total. The summed E-state index contributed by atoms with van der Waals surface area (Å²) in [4.78, 5) is 28.0. The van der Waals surface area contributed by atoms with Crippen molar-refractivity contribution < 1.29 is 18.0 Å². The summed E-state index contributed by atoms with van der Waals surface area (Å²) >= 11 is 9.47. The van der Waals surface area contributed by atoms with Crippen LogP contribution >= 0.6 is 27.5 Å². The zero-order valence-corrected chi connectivity index (χ0v) is 22.4. The Morgan fingerprint density at radius 3 is 2.44 bits per heavy atom. The van der Waals surface area contributed by atoms with Crippen LogP contribution in [0.4, 0.5) is 5.69 Å². The molecule has 1 aliphatic rings. The largest absolute Gasteiger partial charge is 0.352 e. The number of nitrogens with one attached hydrogen (secondary N) is 1. The fourth-order valence-electron chi connectivity index (χ4n) is 4.05. The molecule has 0 saturated heterocycles. The van der Waals surface area contributed by atoms with Gasteiger partial charge in [-0.1, -0.05) is 58.6 Å². The lowest BCUT2D eigenvalue weighted by Crippen LogP contribution is -2.52. The van der Waals surface area contributed by atoms with E-state index in [1.54, 1.807) is 49.4 Å². The number of nitrogens with zero attached hydrogens (tertiary/aromatic N) is 2. The molecule has 1 saturated carbocycles. The van der Waals surface area contributed by atoms with E-state index in [-0.39, 0.29) is 18.5 Å². The van der Waals surface area contributed by atoms with Gasteiger partial charge in [0.25, 0.3) is 0 Å². The van der Waals surface area contributed by atoms with Gasteiger partial charge in [0.1, 0.15) is 12.6 Å². The molecule has 10 heteroatoms. The summed E-state index contributed by atoms with van der Waals surface area (Å²) in [5.74, 6) is -0.741. The summed E-state index contributed by atoms with van der Waals surface area (Å²) < 4.78 is 26.9. The predicted octanol–water partition coefficient (Wildman–Crippen LogP) is 4.34. The summed E-state index contributed by atoms with van der Waals surface area (Å²) in [6.45, 7) is 1.35. The Labute approximate surface area is 214 Å². The Hall–Kier alpha value is -2.10. The fraction of sp³-hybridized carbons (Fsp3) is 0.417. The molecule has 1 aliphatic carbocycles. The number of rotatable bonds is 9. The first-order chi connectivity index (χ1) is 16.0. The molecule has 2 amide bonds.